The van der Waals surface area contributed by atoms with E-state index >= 15 is 0 Å². The Morgan fingerprint density at radius 1 is 1.25 bits per heavy atom. The lowest BCUT2D eigenvalue weighted by Gasteiger charge is -2.19. The zero-order valence-electron chi connectivity index (χ0n) is 11.1. The van der Waals surface area contributed by atoms with Gasteiger partial charge in [0.05, 0.1) is 0 Å². The van der Waals surface area contributed by atoms with Gasteiger partial charge in [0, 0.05) is 29.3 Å². The highest BCUT2D eigenvalue weighted by molar-refractivity contribution is 9.10. The lowest BCUT2D eigenvalue weighted by Crippen LogP contribution is -2.17. The number of nitrogens with zero attached hydrogens (tertiary/aromatic N) is 2. The van der Waals surface area contributed by atoms with Crippen LogP contribution >= 0.6 is 15.9 Å². The van der Waals surface area contributed by atoms with Gasteiger partial charge in [-0.3, -0.25) is 0 Å². The number of hydrogen-bond acceptors (Lipinski definition) is 3. The molecule has 0 aliphatic carbocycles. The highest BCUT2D eigenvalue weighted by Gasteiger charge is 2.04. The van der Waals surface area contributed by atoms with Crippen LogP contribution in [0.5, 0.6) is 0 Å². The van der Waals surface area contributed by atoms with Crippen molar-refractivity contribution in [3.8, 4) is 0 Å². The molecule has 0 bridgehead atoms. The van der Waals surface area contributed by atoms with Crippen LogP contribution in [0.15, 0.2) is 58.2 Å². The standard InChI is InChI=1S/C15H16BrN3O/c1-19(10-11-3-2-4-13(16)9-11)14-7-5-12(6-8-14)15(17)18-20/h2-9,20H,10H2,1H3,(H2,17,18). The Kier molecular flexibility index (Phi) is 4.63. The summed E-state index contributed by atoms with van der Waals surface area (Å²) in [6, 6.07) is 15.8. The molecule has 0 aliphatic heterocycles. The van der Waals surface area contributed by atoms with Crippen molar-refractivity contribution in [2.45, 2.75) is 6.54 Å². The molecule has 20 heavy (non-hydrogen) atoms. The number of oxime groups is 1. The Bertz CT molecular complexity index is 611. The molecule has 2 aromatic carbocycles. The van der Waals surface area contributed by atoms with Crippen molar-refractivity contribution in [3.05, 3.63) is 64.1 Å². The maximum atomic E-state index is 8.64. The number of nitrogens with two attached hydrogens (primary N) is 1. The smallest absolute Gasteiger partial charge is 0.170 e. The molecule has 0 atom stereocenters. The van der Waals surface area contributed by atoms with Gasteiger partial charge in [0.25, 0.3) is 0 Å². The van der Waals surface area contributed by atoms with E-state index in [1.807, 2.05) is 43.4 Å². The van der Waals surface area contributed by atoms with Gasteiger partial charge in [-0.05, 0) is 42.0 Å². The highest BCUT2D eigenvalue weighted by atomic mass is 79.9. The van der Waals surface area contributed by atoms with Gasteiger partial charge < -0.3 is 15.8 Å². The largest absolute Gasteiger partial charge is 0.409 e. The zero-order valence-corrected chi connectivity index (χ0v) is 12.7. The van der Waals surface area contributed by atoms with Crippen LogP contribution < -0.4 is 10.6 Å². The van der Waals surface area contributed by atoms with E-state index in [4.69, 9.17) is 10.9 Å². The summed E-state index contributed by atoms with van der Waals surface area (Å²) < 4.78 is 1.07. The number of rotatable bonds is 4. The number of hydrogen-bond donors (Lipinski definition) is 2. The summed E-state index contributed by atoms with van der Waals surface area (Å²) in [5, 5.41) is 11.6. The van der Waals surface area contributed by atoms with E-state index in [9.17, 15) is 0 Å². The molecular weight excluding hydrogens is 318 g/mol. The van der Waals surface area contributed by atoms with Crippen LogP contribution in [0.3, 0.4) is 0 Å². The van der Waals surface area contributed by atoms with Gasteiger partial charge >= 0.3 is 0 Å². The van der Waals surface area contributed by atoms with E-state index in [-0.39, 0.29) is 5.84 Å². The normalized spacial score (nSPS) is 11.4. The minimum absolute atomic E-state index is 0.117. The SMILES string of the molecule is CN(Cc1cccc(Br)c1)c1ccc(C(N)=NO)cc1. The van der Waals surface area contributed by atoms with Gasteiger partial charge in [-0.1, -0.05) is 33.2 Å². The van der Waals surface area contributed by atoms with Crippen molar-refractivity contribution in [2.24, 2.45) is 10.9 Å². The third-order valence-corrected chi connectivity index (χ3v) is 3.51. The Morgan fingerprint density at radius 3 is 2.55 bits per heavy atom. The summed E-state index contributed by atoms with van der Waals surface area (Å²) in [5.74, 6) is 0.117. The molecule has 0 unspecified atom stereocenters. The Morgan fingerprint density at radius 2 is 1.95 bits per heavy atom. The van der Waals surface area contributed by atoms with Crippen LogP contribution in [0.25, 0.3) is 0 Å². The summed E-state index contributed by atoms with van der Waals surface area (Å²) in [6.07, 6.45) is 0. The molecule has 0 aromatic heterocycles. The minimum atomic E-state index is 0.117. The molecule has 0 amide bonds. The van der Waals surface area contributed by atoms with Crippen LogP contribution in [0.2, 0.25) is 0 Å². The Labute approximate surface area is 126 Å². The summed E-state index contributed by atoms with van der Waals surface area (Å²) in [7, 11) is 2.03. The molecule has 4 nitrogen and oxygen atoms in total. The van der Waals surface area contributed by atoms with Gasteiger partial charge in [0.15, 0.2) is 5.84 Å². The Hall–Kier alpha value is -2.01. The second kappa shape index (κ2) is 6.43. The fourth-order valence-corrected chi connectivity index (χ4v) is 2.39. The van der Waals surface area contributed by atoms with Crippen LogP contribution in [0.1, 0.15) is 11.1 Å². The van der Waals surface area contributed by atoms with Gasteiger partial charge in [-0.25, -0.2) is 0 Å². The molecule has 0 fully saturated rings. The molecule has 2 aromatic rings. The summed E-state index contributed by atoms with van der Waals surface area (Å²) in [5.41, 5.74) is 8.54. The predicted octanol–water partition coefficient (Wildman–Crippen LogP) is 3.18. The molecule has 0 heterocycles. The lowest BCUT2D eigenvalue weighted by atomic mass is 10.1. The molecular formula is C15H16BrN3O. The molecule has 5 heteroatoms. The molecule has 0 saturated heterocycles. The van der Waals surface area contributed by atoms with E-state index in [1.54, 1.807) is 0 Å². The third-order valence-electron chi connectivity index (χ3n) is 3.02. The van der Waals surface area contributed by atoms with Gasteiger partial charge in [0.2, 0.25) is 0 Å². The predicted molar refractivity (Wildman–Crippen MR) is 85.2 cm³/mol. The van der Waals surface area contributed by atoms with Crippen LogP contribution in [-0.2, 0) is 6.54 Å². The lowest BCUT2D eigenvalue weighted by molar-refractivity contribution is 0.318. The van der Waals surface area contributed by atoms with Gasteiger partial charge in [-0.2, -0.15) is 0 Å². The second-order valence-corrected chi connectivity index (χ2v) is 5.43. The molecule has 0 radical (unpaired) electrons. The highest BCUT2D eigenvalue weighted by Crippen LogP contribution is 2.18. The fourth-order valence-electron chi connectivity index (χ4n) is 1.94. The first kappa shape index (κ1) is 14.4. The quantitative estimate of drug-likeness (QED) is 0.391. The van der Waals surface area contributed by atoms with Crippen molar-refractivity contribution >= 4 is 27.5 Å². The first-order valence-corrected chi connectivity index (χ1v) is 6.93. The van der Waals surface area contributed by atoms with Crippen molar-refractivity contribution in [1.82, 2.24) is 0 Å². The van der Waals surface area contributed by atoms with Crippen LogP contribution in [-0.4, -0.2) is 18.1 Å². The van der Waals surface area contributed by atoms with Gasteiger partial charge in [-0.15, -0.1) is 0 Å². The van der Waals surface area contributed by atoms with E-state index < -0.39 is 0 Å². The molecule has 104 valence electrons. The molecule has 0 saturated carbocycles. The number of amidine groups is 1. The van der Waals surface area contributed by atoms with Crippen molar-refractivity contribution < 1.29 is 5.21 Å². The number of anilines is 1. The maximum absolute atomic E-state index is 8.64. The average molecular weight is 334 g/mol. The summed E-state index contributed by atoms with van der Waals surface area (Å²) in [6.45, 7) is 0.808. The minimum Gasteiger partial charge on any atom is -0.409 e. The second-order valence-electron chi connectivity index (χ2n) is 4.52. The maximum Gasteiger partial charge on any atom is 0.170 e. The van der Waals surface area contributed by atoms with Crippen LogP contribution in [0.4, 0.5) is 5.69 Å². The molecule has 2 rings (SSSR count). The van der Waals surface area contributed by atoms with E-state index in [2.05, 4.69) is 38.1 Å². The third kappa shape index (κ3) is 3.51. The molecule has 3 N–H and O–H groups in total. The summed E-state index contributed by atoms with van der Waals surface area (Å²) in [4.78, 5) is 2.14. The van der Waals surface area contributed by atoms with Gasteiger partial charge in [0.1, 0.15) is 0 Å². The van der Waals surface area contributed by atoms with E-state index in [1.165, 1.54) is 5.56 Å². The fraction of sp³-hybridized carbons (Fsp3) is 0.133. The molecule has 0 spiro atoms. The topological polar surface area (TPSA) is 61.8 Å². The Balaban J connectivity index is 2.11. The average Bonchev–Trinajstić information content (AvgIpc) is 2.46. The molecule has 0 aliphatic rings. The first-order valence-electron chi connectivity index (χ1n) is 6.13. The van der Waals surface area contributed by atoms with Crippen molar-refractivity contribution in [2.75, 3.05) is 11.9 Å². The van der Waals surface area contributed by atoms with Crippen molar-refractivity contribution in [1.29, 1.82) is 0 Å². The monoisotopic (exact) mass is 333 g/mol. The van der Waals surface area contributed by atoms with E-state index in [0.29, 0.717) is 5.56 Å². The van der Waals surface area contributed by atoms with E-state index in [0.717, 1.165) is 16.7 Å². The van der Waals surface area contributed by atoms with Crippen molar-refractivity contribution in [3.63, 3.8) is 0 Å². The number of halogens is 1. The number of benzene rings is 2. The summed E-state index contributed by atoms with van der Waals surface area (Å²) >= 11 is 3.47. The zero-order chi connectivity index (χ0) is 14.5. The van der Waals surface area contributed by atoms with Crippen LogP contribution in [0, 0.1) is 0 Å². The first-order chi connectivity index (χ1) is 9.60.